The molecule has 1 aliphatic rings. The second-order valence-electron chi connectivity index (χ2n) is 7.38. The number of benzene rings is 1. The van der Waals surface area contributed by atoms with Crippen molar-refractivity contribution in [1.82, 2.24) is 24.6 Å². The Morgan fingerprint density at radius 3 is 2.09 bits per heavy atom. The molecule has 1 saturated heterocycles. The Hall–Kier alpha value is -3.97. The van der Waals surface area contributed by atoms with Gasteiger partial charge in [-0.05, 0) is 38.1 Å². The lowest BCUT2D eigenvalue weighted by Gasteiger charge is -2.32. The number of barbiturate groups is 1. The van der Waals surface area contributed by atoms with Crippen LogP contribution < -0.4 is 10.1 Å². The van der Waals surface area contributed by atoms with Crippen LogP contribution in [-0.4, -0.2) is 62.4 Å². The van der Waals surface area contributed by atoms with Crippen LogP contribution in [0.1, 0.15) is 25.7 Å². The summed E-state index contributed by atoms with van der Waals surface area (Å²) in [6.07, 6.45) is -4.74. The zero-order valence-electron chi connectivity index (χ0n) is 17.9. The number of halogens is 3. The zero-order chi connectivity index (χ0) is 24.7. The average molecular weight is 468 g/mol. The molecule has 1 N–H and O–H groups in total. The quantitative estimate of drug-likeness (QED) is 0.667. The molecule has 1 fully saturated rings. The van der Waals surface area contributed by atoms with Crippen LogP contribution in [0.3, 0.4) is 0 Å². The second kappa shape index (κ2) is 8.52. The molecule has 5 amide bonds. The van der Waals surface area contributed by atoms with Crippen LogP contribution >= 0.6 is 0 Å². The molecule has 0 atom stereocenters. The van der Waals surface area contributed by atoms with E-state index in [-0.39, 0.29) is 17.4 Å². The van der Waals surface area contributed by atoms with Crippen LogP contribution in [0.5, 0.6) is 11.8 Å². The summed E-state index contributed by atoms with van der Waals surface area (Å²) in [5, 5.41) is 5.81. The van der Waals surface area contributed by atoms with E-state index in [0.717, 1.165) is 18.8 Å². The summed E-state index contributed by atoms with van der Waals surface area (Å²) in [6, 6.07) is 3.70. The van der Waals surface area contributed by atoms with Crippen LogP contribution in [0, 0.1) is 5.92 Å². The van der Waals surface area contributed by atoms with Crippen LogP contribution in [-0.2, 0) is 20.6 Å². The molecule has 0 spiro atoms. The van der Waals surface area contributed by atoms with Crippen LogP contribution in [0.25, 0.3) is 0 Å². The van der Waals surface area contributed by atoms with Gasteiger partial charge in [0, 0.05) is 19.8 Å². The minimum atomic E-state index is -4.74. The summed E-state index contributed by atoms with van der Waals surface area (Å²) in [6.45, 7) is 3.22. The highest BCUT2D eigenvalue weighted by molar-refractivity contribution is 6.27. The average Bonchev–Trinajstić information content (AvgIpc) is 3.17. The highest BCUT2D eigenvalue weighted by atomic mass is 19.4. The van der Waals surface area contributed by atoms with Crippen LogP contribution in [0.15, 0.2) is 24.3 Å². The molecule has 1 aromatic carbocycles. The molecule has 0 bridgehead atoms. The van der Waals surface area contributed by atoms with Gasteiger partial charge in [0.2, 0.25) is 5.91 Å². The van der Waals surface area contributed by atoms with Gasteiger partial charge in [0.25, 0.3) is 17.6 Å². The monoisotopic (exact) mass is 468 g/mol. The molecular weight excluding hydrogens is 449 g/mol. The number of rotatable bonds is 5. The summed E-state index contributed by atoms with van der Waals surface area (Å²) in [4.78, 5) is 53.4. The number of aromatic nitrogens is 3. The van der Waals surface area contributed by atoms with Crippen molar-refractivity contribution in [3.8, 4) is 11.8 Å². The molecule has 1 aliphatic heterocycles. The van der Waals surface area contributed by atoms with E-state index in [0.29, 0.717) is 9.80 Å². The first-order valence-electron chi connectivity index (χ1n) is 9.53. The summed E-state index contributed by atoms with van der Waals surface area (Å²) in [7, 11) is 2.31. The Kier molecular flexibility index (Phi) is 6.12. The number of anilines is 1. The Morgan fingerprint density at radius 2 is 1.61 bits per heavy atom. The fraction of sp³-hybridized carbons (Fsp3) is 0.368. The third-order valence-electron chi connectivity index (χ3n) is 4.66. The van der Waals surface area contributed by atoms with Crippen molar-refractivity contribution in [2.24, 2.45) is 5.92 Å². The van der Waals surface area contributed by atoms with Crippen molar-refractivity contribution in [3.63, 3.8) is 0 Å². The summed E-state index contributed by atoms with van der Waals surface area (Å²) < 4.78 is 45.2. The number of urea groups is 1. The second-order valence-corrected chi connectivity index (χ2v) is 7.38. The first-order chi connectivity index (χ1) is 15.3. The van der Waals surface area contributed by atoms with E-state index in [9.17, 15) is 32.3 Å². The minimum absolute atomic E-state index is 0.103. The maximum absolute atomic E-state index is 12.9. The van der Waals surface area contributed by atoms with Gasteiger partial charge in [0.15, 0.2) is 5.92 Å². The van der Waals surface area contributed by atoms with Gasteiger partial charge in [-0.15, -0.1) is 5.10 Å². The predicted molar refractivity (Wildman–Crippen MR) is 105 cm³/mol. The summed E-state index contributed by atoms with van der Waals surface area (Å²) in [5.74, 6) is -5.85. The standard InChI is InChI=1S/C19H19F3N6O5/c1-9(2)28-17(24-16(25-28)19(20,21)22)33-11-7-5-10(6-8-11)23-13(29)12-14(30)26(3)18(32)27(4)15(12)31/h5-9,12H,1-4H3,(H,23,29). The van der Waals surface area contributed by atoms with E-state index in [1.165, 1.54) is 24.3 Å². The molecule has 0 radical (unpaired) electrons. The lowest BCUT2D eigenvalue weighted by Crippen LogP contribution is -2.59. The molecule has 0 unspecified atom stereocenters. The number of alkyl halides is 3. The number of ether oxygens (including phenoxy) is 1. The van der Waals surface area contributed by atoms with Crippen LogP contribution in [0.2, 0.25) is 0 Å². The maximum Gasteiger partial charge on any atom is 0.453 e. The summed E-state index contributed by atoms with van der Waals surface area (Å²) >= 11 is 0. The molecule has 14 heteroatoms. The smallest absolute Gasteiger partial charge is 0.424 e. The Morgan fingerprint density at radius 1 is 1.06 bits per heavy atom. The van der Waals surface area contributed by atoms with Gasteiger partial charge >= 0.3 is 18.2 Å². The molecule has 2 heterocycles. The highest BCUT2D eigenvalue weighted by Gasteiger charge is 2.46. The fourth-order valence-corrected chi connectivity index (χ4v) is 2.89. The molecular formula is C19H19F3N6O5. The number of nitrogens with one attached hydrogen (secondary N) is 1. The van der Waals surface area contributed by atoms with Crippen molar-refractivity contribution < 1.29 is 37.1 Å². The summed E-state index contributed by atoms with van der Waals surface area (Å²) in [5.41, 5.74) is 0.177. The number of imide groups is 2. The first-order valence-corrected chi connectivity index (χ1v) is 9.53. The van der Waals surface area contributed by atoms with Gasteiger partial charge in [0.05, 0.1) is 6.04 Å². The third kappa shape index (κ3) is 4.63. The van der Waals surface area contributed by atoms with Gasteiger partial charge in [0.1, 0.15) is 5.75 Å². The molecule has 11 nitrogen and oxygen atoms in total. The van der Waals surface area contributed by atoms with Crippen LogP contribution in [0.4, 0.5) is 23.7 Å². The number of carbonyl (C=O) groups is 4. The zero-order valence-corrected chi connectivity index (χ0v) is 17.9. The lowest BCUT2D eigenvalue weighted by molar-refractivity contribution is -0.151. The van der Waals surface area contributed by atoms with E-state index in [4.69, 9.17) is 4.74 Å². The van der Waals surface area contributed by atoms with Gasteiger partial charge in [-0.1, -0.05) is 0 Å². The van der Waals surface area contributed by atoms with E-state index >= 15 is 0 Å². The van der Waals surface area contributed by atoms with Crippen molar-refractivity contribution in [1.29, 1.82) is 0 Å². The lowest BCUT2D eigenvalue weighted by atomic mass is 10.0. The largest absolute Gasteiger partial charge is 0.453 e. The SMILES string of the molecule is CC(C)n1nc(C(F)(F)F)nc1Oc1ccc(NC(=O)C2C(=O)N(C)C(=O)N(C)C2=O)cc1. The number of hydrogen-bond donors (Lipinski definition) is 1. The molecule has 1 aromatic heterocycles. The maximum atomic E-state index is 12.9. The number of hydrogen-bond acceptors (Lipinski definition) is 7. The Bertz CT molecular complexity index is 1090. The predicted octanol–water partition coefficient (Wildman–Crippen LogP) is 2.28. The molecule has 3 rings (SSSR count). The van der Waals surface area contributed by atoms with E-state index in [1.54, 1.807) is 13.8 Å². The topological polar surface area (TPSA) is 127 Å². The molecule has 2 aromatic rings. The number of nitrogens with zero attached hydrogens (tertiary/aromatic N) is 5. The fourth-order valence-electron chi connectivity index (χ4n) is 2.89. The van der Waals surface area contributed by atoms with Crippen molar-refractivity contribution >= 4 is 29.4 Å². The Labute approximate surface area is 185 Å². The minimum Gasteiger partial charge on any atom is -0.424 e. The Balaban J connectivity index is 1.74. The van der Waals surface area contributed by atoms with E-state index in [2.05, 4.69) is 15.4 Å². The van der Waals surface area contributed by atoms with Gasteiger partial charge < -0.3 is 10.1 Å². The van der Waals surface area contributed by atoms with Gasteiger partial charge in [-0.2, -0.15) is 18.2 Å². The van der Waals surface area contributed by atoms with Crippen molar-refractivity contribution in [2.45, 2.75) is 26.1 Å². The number of amides is 5. The highest BCUT2D eigenvalue weighted by Crippen LogP contribution is 2.31. The number of carbonyl (C=O) groups excluding carboxylic acids is 4. The van der Waals surface area contributed by atoms with E-state index in [1.807, 2.05) is 0 Å². The van der Waals surface area contributed by atoms with Gasteiger partial charge in [-0.3, -0.25) is 24.2 Å². The molecule has 0 aliphatic carbocycles. The molecule has 0 saturated carbocycles. The third-order valence-corrected chi connectivity index (χ3v) is 4.66. The van der Waals surface area contributed by atoms with E-state index < -0.39 is 47.7 Å². The molecule has 176 valence electrons. The molecule has 33 heavy (non-hydrogen) atoms. The van der Waals surface area contributed by atoms with Crippen molar-refractivity contribution in [3.05, 3.63) is 30.1 Å². The normalized spacial score (nSPS) is 15.5. The first kappa shape index (κ1) is 23.7. The van der Waals surface area contributed by atoms with Crippen molar-refractivity contribution in [2.75, 3.05) is 19.4 Å². The van der Waals surface area contributed by atoms with Gasteiger partial charge in [-0.25, -0.2) is 9.48 Å².